The van der Waals surface area contributed by atoms with Gasteiger partial charge >= 0.3 is 5.91 Å². The van der Waals surface area contributed by atoms with E-state index in [1.807, 2.05) is 19.1 Å². The highest BCUT2D eigenvalue weighted by molar-refractivity contribution is 7.18. The van der Waals surface area contributed by atoms with E-state index in [-0.39, 0.29) is 27.9 Å². The molecule has 1 saturated heterocycles. The molecule has 3 aromatic heterocycles. The number of rotatable bonds is 4. The number of benzene rings is 1. The quantitative estimate of drug-likeness (QED) is 0.185. The Balaban J connectivity index is 1.77. The summed E-state index contributed by atoms with van der Waals surface area (Å²) in [7, 11) is 0. The normalized spacial score (nSPS) is 17.3. The van der Waals surface area contributed by atoms with Crippen LogP contribution in [0, 0.1) is 20.8 Å². The van der Waals surface area contributed by atoms with Crippen molar-refractivity contribution in [2.75, 3.05) is 4.90 Å². The molecule has 1 unspecified atom stereocenters. The van der Waals surface area contributed by atoms with Gasteiger partial charge in [0.2, 0.25) is 0 Å². The lowest BCUT2D eigenvalue weighted by molar-refractivity contribution is -0.132. The lowest BCUT2D eigenvalue weighted by atomic mass is 9.96. The van der Waals surface area contributed by atoms with Crippen LogP contribution in [-0.4, -0.2) is 42.1 Å². The second kappa shape index (κ2) is 8.42. The van der Waals surface area contributed by atoms with Gasteiger partial charge in [-0.3, -0.25) is 19.3 Å². The van der Waals surface area contributed by atoms with Crippen LogP contribution >= 0.6 is 11.3 Å². The monoisotopic (exact) mass is 502 g/mol. The number of amides is 1. The molecule has 9 nitrogen and oxygen atoms in total. The maximum atomic E-state index is 13.4. The van der Waals surface area contributed by atoms with E-state index < -0.39 is 23.5 Å². The Labute approximate surface area is 210 Å². The number of thiazole rings is 1. The molecule has 1 aliphatic heterocycles. The highest BCUT2D eigenvalue weighted by Gasteiger charge is 2.48. The van der Waals surface area contributed by atoms with E-state index in [0.29, 0.717) is 27.5 Å². The second-order valence-electron chi connectivity index (χ2n) is 8.66. The standard InChI is InChI=1S/C26H22N4O5S/c1-12-6-5-11-29-14(3)19(28-24(12)29)21(33)18-20(16-7-9-17(32)10-8-16)30(25(35)22(18)34)26-27-13(2)23(36-26)15(4)31/h5-11,20,32-33H,1-4H3/b21-18+. The van der Waals surface area contributed by atoms with Crippen molar-refractivity contribution in [1.29, 1.82) is 0 Å². The Kier molecular flexibility index (Phi) is 5.48. The minimum atomic E-state index is -1.04. The molecule has 182 valence electrons. The van der Waals surface area contributed by atoms with Crippen molar-refractivity contribution in [2.24, 2.45) is 0 Å². The number of phenolic OH excluding ortho intramolecular Hbond substituents is 1. The fourth-order valence-corrected chi connectivity index (χ4v) is 5.48. The molecular weight excluding hydrogens is 480 g/mol. The fourth-order valence-electron chi connectivity index (χ4n) is 4.49. The molecule has 4 aromatic rings. The summed E-state index contributed by atoms with van der Waals surface area (Å²) in [6.07, 6.45) is 1.80. The summed E-state index contributed by atoms with van der Waals surface area (Å²) in [5.74, 6) is -2.38. The number of aryl methyl sites for hydroxylation is 3. The van der Waals surface area contributed by atoms with E-state index in [0.717, 1.165) is 16.9 Å². The molecule has 0 saturated carbocycles. The smallest absolute Gasteiger partial charge is 0.301 e. The van der Waals surface area contributed by atoms with Crippen LogP contribution in [-0.2, 0) is 9.59 Å². The average Bonchev–Trinajstić information content (AvgIpc) is 3.47. The van der Waals surface area contributed by atoms with Gasteiger partial charge in [0, 0.05) is 13.1 Å². The number of aliphatic hydroxyl groups excluding tert-OH is 1. The first-order valence-electron chi connectivity index (χ1n) is 11.1. The number of aliphatic hydroxyl groups is 1. The molecular formula is C26H22N4O5S. The molecule has 0 radical (unpaired) electrons. The summed E-state index contributed by atoms with van der Waals surface area (Å²) >= 11 is 1.01. The Morgan fingerprint density at radius 3 is 2.36 bits per heavy atom. The third-order valence-electron chi connectivity index (χ3n) is 6.27. The van der Waals surface area contributed by atoms with Gasteiger partial charge in [-0.2, -0.15) is 0 Å². The second-order valence-corrected chi connectivity index (χ2v) is 9.64. The van der Waals surface area contributed by atoms with Gasteiger partial charge in [-0.05, 0) is 50.1 Å². The number of hydrogen-bond acceptors (Lipinski definition) is 8. The number of phenols is 1. The fraction of sp³-hybridized carbons (Fsp3) is 0.192. The molecule has 0 spiro atoms. The number of carbonyl (C=O) groups excluding carboxylic acids is 3. The van der Waals surface area contributed by atoms with Crippen molar-refractivity contribution in [3.63, 3.8) is 0 Å². The highest BCUT2D eigenvalue weighted by Crippen LogP contribution is 2.44. The third kappa shape index (κ3) is 3.49. The van der Waals surface area contributed by atoms with Gasteiger partial charge in [-0.1, -0.05) is 29.5 Å². The van der Waals surface area contributed by atoms with Crippen LogP contribution in [0.4, 0.5) is 5.13 Å². The largest absolute Gasteiger partial charge is 0.508 e. The molecule has 1 aromatic carbocycles. The van der Waals surface area contributed by atoms with Gasteiger partial charge < -0.3 is 14.6 Å². The summed E-state index contributed by atoms with van der Waals surface area (Å²) in [6, 6.07) is 8.71. The first-order chi connectivity index (χ1) is 17.1. The molecule has 10 heteroatoms. The van der Waals surface area contributed by atoms with Crippen molar-refractivity contribution >= 4 is 45.3 Å². The Morgan fingerprint density at radius 1 is 1.06 bits per heavy atom. The number of carbonyl (C=O) groups is 3. The van der Waals surface area contributed by atoms with Crippen LogP contribution < -0.4 is 4.90 Å². The first kappa shape index (κ1) is 23.4. The lowest BCUT2D eigenvalue weighted by Gasteiger charge is -2.22. The predicted octanol–water partition coefficient (Wildman–Crippen LogP) is 4.25. The van der Waals surface area contributed by atoms with E-state index in [4.69, 9.17) is 0 Å². The number of Topliss-reactive ketones (excluding diaryl/α,β-unsaturated/α-hetero) is 2. The molecule has 0 bridgehead atoms. The maximum absolute atomic E-state index is 13.4. The summed E-state index contributed by atoms with van der Waals surface area (Å²) < 4.78 is 1.80. The molecule has 0 aliphatic carbocycles. The molecule has 5 rings (SSSR count). The molecule has 1 aliphatic rings. The molecule has 1 amide bonds. The summed E-state index contributed by atoms with van der Waals surface area (Å²) in [4.78, 5) is 49.3. The van der Waals surface area contributed by atoms with Crippen molar-refractivity contribution in [1.82, 2.24) is 14.4 Å². The first-order valence-corrected chi connectivity index (χ1v) is 11.9. The number of ketones is 2. The van der Waals surface area contributed by atoms with Gasteiger partial charge in [0.15, 0.2) is 16.7 Å². The average molecular weight is 503 g/mol. The van der Waals surface area contributed by atoms with Crippen LogP contribution in [0.1, 0.15) is 50.8 Å². The van der Waals surface area contributed by atoms with Crippen LogP contribution in [0.3, 0.4) is 0 Å². The van der Waals surface area contributed by atoms with Crippen LogP contribution in [0.15, 0.2) is 48.2 Å². The Hall–Kier alpha value is -4.31. The van der Waals surface area contributed by atoms with E-state index in [1.165, 1.54) is 24.0 Å². The number of aromatic nitrogens is 3. The minimum Gasteiger partial charge on any atom is -0.508 e. The van der Waals surface area contributed by atoms with E-state index in [1.54, 1.807) is 36.6 Å². The highest BCUT2D eigenvalue weighted by atomic mass is 32.1. The number of hydrogen-bond donors (Lipinski definition) is 2. The zero-order valence-corrected chi connectivity index (χ0v) is 20.8. The number of fused-ring (bicyclic) bond motifs is 1. The molecule has 1 fully saturated rings. The topological polar surface area (TPSA) is 125 Å². The van der Waals surface area contributed by atoms with Crippen molar-refractivity contribution < 1.29 is 24.6 Å². The Bertz CT molecular complexity index is 1610. The molecule has 2 N–H and O–H groups in total. The number of imidazole rings is 1. The van der Waals surface area contributed by atoms with E-state index >= 15 is 0 Å². The maximum Gasteiger partial charge on any atom is 0.301 e. The lowest BCUT2D eigenvalue weighted by Crippen LogP contribution is -2.29. The zero-order valence-electron chi connectivity index (χ0n) is 19.9. The Morgan fingerprint density at radius 2 is 1.75 bits per heavy atom. The third-order valence-corrected chi connectivity index (χ3v) is 7.53. The molecule has 1 atom stereocenters. The van der Waals surface area contributed by atoms with E-state index in [9.17, 15) is 24.6 Å². The SMILES string of the molecule is CC(=O)c1sc(N2C(=O)C(=O)/C(=C(/O)c3nc4c(C)cccn4c3C)C2c2ccc(O)cc2)nc1C. The molecule has 36 heavy (non-hydrogen) atoms. The van der Waals surface area contributed by atoms with Crippen LogP contribution in [0.2, 0.25) is 0 Å². The van der Waals surface area contributed by atoms with Crippen LogP contribution in [0.5, 0.6) is 5.75 Å². The summed E-state index contributed by atoms with van der Waals surface area (Å²) in [5.41, 5.74) is 3.06. The van der Waals surface area contributed by atoms with Gasteiger partial charge in [0.1, 0.15) is 17.1 Å². The summed E-state index contributed by atoms with van der Waals surface area (Å²) in [5, 5.41) is 21.4. The van der Waals surface area contributed by atoms with Crippen molar-refractivity contribution in [3.05, 3.63) is 81.3 Å². The summed E-state index contributed by atoms with van der Waals surface area (Å²) in [6.45, 7) is 6.72. The van der Waals surface area contributed by atoms with Gasteiger partial charge in [-0.15, -0.1) is 0 Å². The number of nitrogens with zero attached hydrogens (tertiary/aromatic N) is 4. The predicted molar refractivity (Wildman–Crippen MR) is 134 cm³/mol. The van der Waals surface area contributed by atoms with Gasteiger partial charge in [0.25, 0.3) is 5.78 Å². The number of anilines is 1. The number of pyridine rings is 1. The van der Waals surface area contributed by atoms with Gasteiger partial charge in [-0.25, -0.2) is 9.97 Å². The van der Waals surface area contributed by atoms with E-state index in [2.05, 4.69) is 9.97 Å². The molecule has 4 heterocycles. The van der Waals surface area contributed by atoms with Crippen molar-refractivity contribution in [3.8, 4) is 5.75 Å². The van der Waals surface area contributed by atoms with Gasteiger partial charge in [0.05, 0.1) is 27.9 Å². The van der Waals surface area contributed by atoms with Crippen LogP contribution in [0.25, 0.3) is 11.4 Å². The number of aromatic hydroxyl groups is 1. The minimum absolute atomic E-state index is 0.00586. The van der Waals surface area contributed by atoms with Crippen molar-refractivity contribution in [2.45, 2.75) is 33.7 Å². The zero-order chi connectivity index (χ0) is 25.9.